The molecule has 12 heteroatoms. The standard InChI is InChI=1S/C31H32ClN7O3S/c1-18-19(2)43-31-27(18)28(22-8-10-23(32)11-9-22)36-24(29-38-37-20(3)39(29)31)16-26(40)34-13-4-5-14-35-30(41)25-15-21(17-42-25)7-6-12-33/h8-11,15,17,24H,4-5,12-14,16,33H2,1-3H3,(H,34,40)(H,35,41)/t24-/m0/s1. The number of aliphatic imine (C=N–C) groups is 1. The first-order valence-electron chi connectivity index (χ1n) is 14.0. The van der Waals surface area contributed by atoms with E-state index in [4.69, 9.17) is 26.7 Å². The largest absolute Gasteiger partial charge is 0.458 e. The normalized spacial score (nSPS) is 13.7. The van der Waals surface area contributed by atoms with Gasteiger partial charge in [0.05, 0.1) is 24.2 Å². The molecule has 1 aliphatic heterocycles. The average Bonchev–Trinajstić information content (AvgIpc) is 3.67. The highest BCUT2D eigenvalue weighted by Crippen LogP contribution is 2.39. The van der Waals surface area contributed by atoms with Gasteiger partial charge in [-0.3, -0.25) is 19.1 Å². The summed E-state index contributed by atoms with van der Waals surface area (Å²) in [5.41, 5.74) is 9.86. The third-order valence-corrected chi connectivity index (χ3v) is 8.55. The van der Waals surface area contributed by atoms with Crippen molar-refractivity contribution in [2.45, 2.75) is 46.1 Å². The molecular formula is C31H32ClN7O3S. The molecule has 0 aliphatic carbocycles. The minimum Gasteiger partial charge on any atom is -0.458 e. The van der Waals surface area contributed by atoms with Gasteiger partial charge in [-0.1, -0.05) is 35.6 Å². The second-order valence-corrected chi connectivity index (χ2v) is 11.8. The second kappa shape index (κ2) is 13.4. The molecule has 10 nitrogen and oxygen atoms in total. The van der Waals surface area contributed by atoms with Crippen LogP contribution in [0.1, 0.15) is 74.6 Å². The maximum absolute atomic E-state index is 13.1. The van der Waals surface area contributed by atoms with Crippen molar-refractivity contribution >= 4 is 40.5 Å². The highest BCUT2D eigenvalue weighted by atomic mass is 35.5. The Morgan fingerprint density at radius 1 is 1.12 bits per heavy atom. The molecule has 5 rings (SSSR count). The molecule has 3 aromatic heterocycles. The summed E-state index contributed by atoms with van der Waals surface area (Å²) in [6, 6.07) is 8.64. The molecule has 0 saturated carbocycles. The van der Waals surface area contributed by atoms with Gasteiger partial charge in [-0.25, -0.2) is 0 Å². The summed E-state index contributed by atoms with van der Waals surface area (Å²) in [6.07, 6.45) is 2.91. The van der Waals surface area contributed by atoms with Crippen LogP contribution in [-0.4, -0.2) is 51.9 Å². The van der Waals surface area contributed by atoms with Crippen molar-refractivity contribution in [3.05, 3.63) is 86.2 Å². The van der Waals surface area contributed by atoms with Crippen molar-refractivity contribution in [3.8, 4) is 16.8 Å². The Balaban J connectivity index is 1.22. The lowest BCUT2D eigenvalue weighted by molar-refractivity contribution is -0.121. The zero-order valence-electron chi connectivity index (χ0n) is 24.2. The van der Waals surface area contributed by atoms with E-state index in [-0.39, 0.29) is 30.5 Å². The monoisotopic (exact) mass is 617 g/mol. The topological polar surface area (TPSA) is 140 Å². The molecule has 4 aromatic rings. The molecule has 1 aromatic carbocycles. The number of hydrogen-bond donors (Lipinski definition) is 3. The first-order valence-corrected chi connectivity index (χ1v) is 15.1. The number of nitrogens with two attached hydrogens (primary N) is 1. The molecule has 0 fully saturated rings. The first kappa shape index (κ1) is 30.2. The summed E-state index contributed by atoms with van der Waals surface area (Å²) in [4.78, 5) is 31.7. The van der Waals surface area contributed by atoms with E-state index in [9.17, 15) is 9.59 Å². The lowest BCUT2D eigenvalue weighted by Crippen LogP contribution is -2.28. The van der Waals surface area contributed by atoms with Gasteiger partial charge in [0.1, 0.15) is 23.1 Å². The average molecular weight is 618 g/mol. The number of carbonyl (C=O) groups is 2. The highest BCUT2D eigenvalue weighted by Gasteiger charge is 2.32. The third-order valence-electron chi connectivity index (χ3n) is 7.11. The number of benzene rings is 1. The van der Waals surface area contributed by atoms with Gasteiger partial charge in [-0.05, 0) is 51.3 Å². The van der Waals surface area contributed by atoms with E-state index in [1.807, 2.05) is 35.8 Å². The van der Waals surface area contributed by atoms with Gasteiger partial charge in [0.15, 0.2) is 11.6 Å². The third kappa shape index (κ3) is 6.72. The van der Waals surface area contributed by atoms with Crippen molar-refractivity contribution in [2.75, 3.05) is 19.6 Å². The quantitative estimate of drug-likeness (QED) is 0.188. The highest BCUT2D eigenvalue weighted by molar-refractivity contribution is 7.15. The van der Waals surface area contributed by atoms with Gasteiger partial charge in [0, 0.05) is 40.2 Å². The SMILES string of the molecule is Cc1sc2c(c1C)C(c1ccc(Cl)cc1)=N[C@@H](CC(=O)NCCCCNC(=O)c1cc(C#CCN)co1)c1nnc(C)n1-2. The zero-order chi connectivity index (χ0) is 30.5. The Morgan fingerprint density at radius 3 is 2.60 bits per heavy atom. The molecule has 1 atom stereocenters. The Hall–Kier alpha value is -4.24. The van der Waals surface area contributed by atoms with E-state index >= 15 is 0 Å². The molecule has 1 aliphatic rings. The molecule has 0 unspecified atom stereocenters. The van der Waals surface area contributed by atoms with Gasteiger partial charge in [0.25, 0.3) is 5.91 Å². The zero-order valence-corrected chi connectivity index (χ0v) is 25.7. The van der Waals surface area contributed by atoms with E-state index in [1.54, 1.807) is 17.4 Å². The molecule has 43 heavy (non-hydrogen) atoms. The van der Waals surface area contributed by atoms with Crippen molar-refractivity contribution < 1.29 is 14.0 Å². The van der Waals surface area contributed by atoms with Crippen molar-refractivity contribution in [3.63, 3.8) is 0 Å². The maximum Gasteiger partial charge on any atom is 0.287 e. The number of aryl methyl sites for hydroxylation is 2. The number of fused-ring (bicyclic) bond motifs is 3. The number of nitrogens with one attached hydrogen (secondary N) is 2. The van der Waals surface area contributed by atoms with Crippen LogP contribution in [0.2, 0.25) is 5.02 Å². The van der Waals surface area contributed by atoms with Gasteiger partial charge in [-0.2, -0.15) is 0 Å². The summed E-state index contributed by atoms with van der Waals surface area (Å²) < 4.78 is 7.30. The van der Waals surface area contributed by atoms with Crippen molar-refractivity contribution in [1.82, 2.24) is 25.4 Å². The molecule has 0 bridgehead atoms. The first-order chi connectivity index (χ1) is 20.8. The summed E-state index contributed by atoms with van der Waals surface area (Å²) >= 11 is 7.86. The van der Waals surface area contributed by atoms with E-state index in [0.717, 1.165) is 33.2 Å². The predicted molar refractivity (Wildman–Crippen MR) is 167 cm³/mol. The van der Waals surface area contributed by atoms with Crippen molar-refractivity contribution in [2.24, 2.45) is 10.7 Å². The summed E-state index contributed by atoms with van der Waals surface area (Å²) in [7, 11) is 0. The number of aromatic nitrogens is 3. The molecule has 0 spiro atoms. The van der Waals surface area contributed by atoms with E-state index < -0.39 is 6.04 Å². The Morgan fingerprint density at radius 2 is 1.86 bits per heavy atom. The van der Waals surface area contributed by atoms with Crippen LogP contribution in [0.3, 0.4) is 0 Å². The lowest BCUT2D eigenvalue weighted by Gasteiger charge is -2.13. The number of halogens is 1. The Bertz CT molecular complexity index is 1740. The van der Waals surface area contributed by atoms with E-state index in [1.165, 1.54) is 11.1 Å². The second-order valence-electron chi connectivity index (χ2n) is 10.1. The Kier molecular flexibility index (Phi) is 9.40. The summed E-state index contributed by atoms with van der Waals surface area (Å²) in [5.74, 6) is 6.66. The van der Waals surface area contributed by atoms with Gasteiger partial charge in [-0.15, -0.1) is 21.5 Å². The van der Waals surface area contributed by atoms with Crippen molar-refractivity contribution in [1.29, 1.82) is 0 Å². The smallest absolute Gasteiger partial charge is 0.287 e. The van der Waals surface area contributed by atoms with Crippen LogP contribution in [0.5, 0.6) is 0 Å². The number of nitrogens with zero attached hydrogens (tertiary/aromatic N) is 4. The number of unbranched alkanes of at least 4 members (excludes halogenated alkanes) is 1. The summed E-state index contributed by atoms with van der Waals surface area (Å²) in [6.45, 7) is 7.24. The number of rotatable bonds is 9. The van der Waals surface area contributed by atoms with Crippen LogP contribution in [0.15, 0.2) is 46.0 Å². The minimum atomic E-state index is -0.529. The molecule has 0 saturated heterocycles. The number of amides is 2. The molecular weight excluding hydrogens is 586 g/mol. The van der Waals surface area contributed by atoms with Gasteiger partial charge < -0.3 is 20.8 Å². The van der Waals surface area contributed by atoms with Crippen LogP contribution in [-0.2, 0) is 4.79 Å². The van der Waals surface area contributed by atoms with Crippen LogP contribution in [0, 0.1) is 32.6 Å². The predicted octanol–water partition coefficient (Wildman–Crippen LogP) is 4.42. The fourth-order valence-corrected chi connectivity index (χ4v) is 6.16. The van der Waals surface area contributed by atoms with Crippen LogP contribution in [0.25, 0.3) is 5.00 Å². The number of thiophene rings is 1. The van der Waals surface area contributed by atoms with Crippen LogP contribution >= 0.6 is 22.9 Å². The minimum absolute atomic E-state index is 0.118. The molecule has 222 valence electrons. The molecule has 4 heterocycles. The van der Waals surface area contributed by atoms with Gasteiger partial charge >= 0.3 is 0 Å². The van der Waals surface area contributed by atoms with Crippen LogP contribution in [0.4, 0.5) is 0 Å². The van der Waals surface area contributed by atoms with Gasteiger partial charge in [0.2, 0.25) is 5.91 Å². The number of carbonyl (C=O) groups excluding carboxylic acids is 2. The molecule has 2 amide bonds. The van der Waals surface area contributed by atoms with E-state index in [2.05, 4.69) is 46.5 Å². The lowest BCUT2D eigenvalue weighted by atomic mass is 9.99. The fraction of sp³-hybridized carbons (Fsp3) is 0.323. The Labute approximate surface area is 258 Å². The summed E-state index contributed by atoms with van der Waals surface area (Å²) in [5, 5.41) is 16.3. The molecule has 0 radical (unpaired) electrons. The van der Waals surface area contributed by atoms with Crippen LogP contribution < -0.4 is 16.4 Å². The molecule has 4 N–H and O–H groups in total. The fourth-order valence-electron chi connectivity index (χ4n) is 4.82. The maximum atomic E-state index is 13.1. The number of hydrogen-bond acceptors (Lipinski definition) is 8. The number of furan rings is 1. The van der Waals surface area contributed by atoms with E-state index in [0.29, 0.717) is 42.3 Å².